The van der Waals surface area contributed by atoms with E-state index >= 15 is 0 Å². The maximum atomic E-state index is 13.6. The minimum atomic E-state index is -2.69. The molecule has 2 aromatic carbocycles. The Hall–Kier alpha value is -2.38. The first kappa shape index (κ1) is 18.0. The van der Waals surface area contributed by atoms with Gasteiger partial charge in [-0.2, -0.15) is 0 Å². The molecule has 0 unspecified atom stereocenters. The Balaban J connectivity index is 1.48. The van der Waals surface area contributed by atoms with Crippen LogP contribution < -0.4 is 5.32 Å². The molecule has 1 fully saturated rings. The maximum absolute atomic E-state index is 13.6. The van der Waals surface area contributed by atoms with Gasteiger partial charge in [0.25, 0.3) is 12.3 Å². The van der Waals surface area contributed by atoms with Gasteiger partial charge in [-0.05, 0) is 41.0 Å². The molecule has 2 heterocycles. The summed E-state index contributed by atoms with van der Waals surface area (Å²) >= 11 is 0. The van der Waals surface area contributed by atoms with Crippen molar-refractivity contribution in [3.05, 3.63) is 70.0 Å². The van der Waals surface area contributed by atoms with Crippen molar-refractivity contribution >= 4 is 5.91 Å². The third-order valence-corrected chi connectivity index (χ3v) is 4.97. The van der Waals surface area contributed by atoms with Crippen LogP contribution in [0.15, 0.2) is 36.4 Å². The second-order valence-corrected chi connectivity index (χ2v) is 6.89. The van der Waals surface area contributed by atoms with Crippen LogP contribution in [0.25, 0.3) is 0 Å². The number of alkyl halides is 2. The molecule has 142 valence electrons. The van der Waals surface area contributed by atoms with E-state index in [-0.39, 0.29) is 17.6 Å². The van der Waals surface area contributed by atoms with E-state index in [1.165, 1.54) is 12.1 Å². The molecule has 0 bridgehead atoms. The smallest absolute Gasteiger partial charge is 0.263 e. The van der Waals surface area contributed by atoms with Crippen molar-refractivity contribution in [3.8, 4) is 0 Å². The molecule has 0 spiro atoms. The third-order valence-electron chi connectivity index (χ3n) is 4.97. The third kappa shape index (κ3) is 3.84. The number of rotatable bonds is 4. The summed E-state index contributed by atoms with van der Waals surface area (Å²) in [4.78, 5) is 13.7. The number of benzene rings is 2. The fraction of sp³-hybridized carbons (Fsp3) is 0.350. The number of morpholine rings is 1. The van der Waals surface area contributed by atoms with Gasteiger partial charge in [-0.25, -0.2) is 13.2 Å². The van der Waals surface area contributed by atoms with Crippen LogP contribution >= 0.6 is 0 Å². The highest BCUT2D eigenvalue weighted by Gasteiger charge is 2.25. The van der Waals surface area contributed by atoms with Crippen LogP contribution in [0, 0.1) is 5.82 Å². The van der Waals surface area contributed by atoms with E-state index in [4.69, 9.17) is 4.74 Å². The van der Waals surface area contributed by atoms with Crippen LogP contribution in [-0.4, -0.2) is 30.5 Å². The number of hydrogen-bond acceptors (Lipinski definition) is 3. The molecule has 0 saturated carbocycles. The second kappa shape index (κ2) is 7.32. The van der Waals surface area contributed by atoms with Crippen LogP contribution in [0.2, 0.25) is 0 Å². The molecule has 1 saturated heterocycles. The van der Waals surface area contributed by atoms with Crippen molar-refractivity contribution in [2.45, 2.75) is 25.6 Å². The Morgan fingerprint density at radius 2 is 2.07 bits per heavy atom. The molecule has 1 amide bonds. The first-order valence-electron chi connectivity index (χ1n) is 8.82. The monoisotopic (exact) mass is 376 g/mol. The normalized spacial score (nSPS) is 20.0. The minimum absolute atomic E-state index is 0.0660. The van der Waals surface area contributed by atoms with Crippen LogP contribution in [0.3, 0.4) is 0 Å². The number of carbonyl (C=O) groups excluding carboxylic acids is 1. The summed E-state index contributed by atoms with van der Waals surface area (Å²) in [5.74, 6) is -0.716. The summed E-state index contributed by atoms with van der Waals surface area (Å²) in [6.07, 6.45) is -2.87. The Bertz CT molecular complexity index is 872. The van der Waals surface area contributed by atoms with E-state index in [0.29, 0.717) is 43.9 Å². The van der Waals surface area contributed by atoms with Gasteiger partial charge in [0, 0.05) is 37.3 Å². The van der Waals surface area contributed by atoms with E-state index in [0.717, 1.165) is 17.2 Å². The first-order valence-corrected chi connectivity index (χ1v) is 8.82. The number of nitrogens with one attached hydrogen (secondary N) is 1. The van der Waals surface area contributed by atoms with E-state index < -0.39 is 12.2 Å². The Kier molecular flexibility index (Phi) is 4.88. The number of ether oxygens (including phenoxy) is 1. The van der Waals surface area contributed by atoms with E-state index in [1.807, 2.05) is 12.1 Å². The largest absolute Gasteiger partial charge is 0.371 e. The molecule has 1 atom stereocenters. The van der Waals surface area contributed by atoms with Gasteiger partial charge in [0.15, 0.2) is 0 Å². The molecule has 27 heavy (non-hydrogen) atoms. The fourth-order valence-corrected chi connectivity index (χ4v) is 3.65. The average Bonchev–Trinajstić information content (AvgIpc) is 3.02. The summed E-state index contributed by atoms with van der Waals surface area (Å²) in [5, 5.41) is 2.79. The number of halogens is 3. The zero-order valence-electron chi connectivity index (χ0n) is 14.6. The molecule has 1 N–H and O–H groups in total. The first-order chi connectivity index (χ1) is 13.0. The molecule has 2 aliphatic rings. The number of carbonyl (C=O) groups is 1. The van der Waals surface area contributed by atoms with Crippen molar-refractivity contribution in [3.63, 3.8) is 0 Å². The van der Waals surface area contributed by atoms with E-state index in [9.17, 15) is 18.0 Å². The average molecular weight is 376 g/mol. The quantitative estimate of drug-likeness (QED) is 0.887. The molecular weight excluding hydrogens is 357 g/mol. The summed E-state index contributed by atoms with van der Waals surface area (Å²) < 4.78 is 45.3. The molecule has 0 radical (unpaired) electrons. The predicted octanol–water partition coefficient (Wildman–Crippen LogP) is 3.58. The summed E-state index contributed by atoms with van der Waals surface area (Å²) in [5.41, 5.74) is 2.83. The van der Waals surface area contributed by atoms with Crippen LogP contribution in [-0.2, 0) is 17.8 Å². The number of amides is 1. The minimum Gasteiger partial charge on any atom is -0.371 e. The fourth-order valence-electron chi connectivity index (χ4n) is 3.65. The lowest BCUT2D eigenvalue weighted by Crippen LogP contribution is -2.37. The zero-order chi connectivity index (χ0) is 19.0. The van der Waals surface area contributed by atoms with Crippen LogP contribution in [0.1, 0.15) is 45.1 Å². The van der Waals surface area contributed by atoms with E-state index in [2.05, 4.69) is 10.2 Å². The van der Waals surface area contributed by atoms with Gasteiger partial charge in [-0.1, -0.05) is 12.1 Å². The lowest BCUT2D eigenvalue weighted by Gasteiger charge is -2.33. The molecule has 0 aromatic heterocycles. The van der Waals surface area contributed by atoms with Gasteiger partial charge >= 0.3 is 0 Å². The van der Waals surface area contributed by atoms with Crippen LogP contribution in [0.4, 0.5) is 13.2 Å². The summed E-state index contributed by atoms with van der Waals surface area (Å²) in [6, 6.07) is 9.17. The highest BCUT2D eigenvalue weighted by atomic mass is 19.3. The van der Waals surface area contributed by atoms with Gasteiger partial charge in [0.05, 0.1) is 12.7 Å². The topological polar surface area (TPSA) is 41.6 Å². The zero-order valence-corrected chi connectivity index (χ0v) is 14.6. The molecule has 4 rings (SSSR count). The van der Waals surface area contributed by atoms with Gasteiger partial charge in [-0.3, -0.25) is 9.69 Å². The van der Waals surface area contributed by atoms with Crippen molar-refractivity contribution in [1.82, 2.24) is 10.2 Å². The SMILES string of the molecule is O=C1NCc2cc([C@@H]3CN(Cc4cc(F)cc(C(F)F)c4)CCO3)ccc21. The van der Waals surface area contributed by atoms with Crippen molar-refractivity contribution < 1.29 is 22.7 Å². The summed E-state index contributed by atoms with van der Waals surface area (Å²) in [6.45, 7) is 2.60. The number of fused-ring (bicyclic) bond motifs is 1. The highest BCUT2D eigenvalue weighted by molar-refractivity contribution is 5.98. The lowest BCUT2D eigenvalue weighted by atomic mass is 10.0. The Labute approximate surface area is 154 Å². The van der Waals surface area contributed by atoms with Gasteiger partial charge in [-0.15, -0.1) is 0 Å². The van der Waals surface area contributed by atoms with Gasteiger partial charge in [0.2, 0.25) is 0 Å². The molecule has 2 aliphatic heterocycles. The molecular formula is C20H19F3N2O2. The van der Waals surface area contributed by atoms with E-state index in [1.54, 1.807) is 6.07 Å². The standard InChI is InChI=1S/C20H19F3N2O2/c21-16-6-12(5-14(8-16)19(22)23)10-25-3-4-27-18(11-25)13-1-2-17-15(7-13)9-24-20(17)26/h1-2,5-8,18-19H,3-4,9-11H2,(H,24,26)/t18-/m0/s1. The molecule has 4 nitrogen and oxygen atoms in total. The molecule has 7 heteroatoms. The number of hydrogen-bond donors (Lipinski definition) is 1. The van der Waals surface area contributed by atoms with Crippen molar-refractivity contribution in [1.29, 1.82) is 0 Å². The predicted molar refractivity (Wildman–Crippen MR) is 92.9 cm³/mol. The summed E-state index contributed by atoms with van der Waals surface area (Å²) in [7, 11) is 0. The van der Waals surface area contributed by atoms with Crippen LogP contribution in [0.5, 0.6) is 0 Å². The number of nitrogens with zero attached hydrogens (tertiary/aromatic N) is 1. The molecule has 2 aromatic rings. The maximum Gasteiger partial charge on any atom is 0.263 e. The lowest BCUT2D eigenvalue weighted by molar-refractivity contribution is -0.0330. The second-order valence-electron chi connectivity index (χ2n) is 6.89. The Morgan fingerprint density at radius 1 is 1.22 bits per heavy atom. The Morgan fingerprint density at radius 3 is 2.89 bits per heavy atom. The van der Waals surface area contributed by atoms with Crippen molar-refractivity contribution in [2.75, 3.05) is 19.7 Å². The highest BCUT2D eigenvalue weighted by Crippen LogP contribution is 2.28. The van der Waals surface area contributed by atoms with Gasteiger partial charge in [0.1, 0.15) is 5.82 Å². The van der Waals surface area contributed by atoms with Gasteiger partial charge < -0.3 is 10.1 Å². The van der Waals surface area contributed by atoms with Crippen molar-refractivity contribution in [2.24, 2.45) is 0 Å². The molecule has 0 aliphatic carbocycles.